The van der Waals surface area contributed by atoms with Gasteiger partial charge in [0.15, 0.2) is 0 Å². The molecule has 0 radical (unpaired) electrons. The van der Waals surface area contributed by atoms with Gasteiger partial charge in [0.2, 0.25) is 0 Å². The van der Waals surface area contributed by atoms with Crippen LogP contribution in [0.1, 0.15) is 44.9 Å². The molecule has 5 heteroatoms. The van der Waals surface area contributed by atoms with Crippen LogP contribution in [0.15, 0.2) is 78.9 Å². The summed E-state index contributed by atoms with van der Waals surface area (Å²) in [6.45, 7) is 8.65. The van der Waals surface area contributed by atoms with Crippen LogP contribution in [-0.4, -0.2) is 26.7 Å². The van der Waals surface area contributed by atoms with Gasteiger partial charge < -0.3 is 9.84 Å². The zero-order chi connectivity index (χ0) is 25.0. The molecule has 5 nitrogen and oxygen atoms in total. The van der Waals surface area contributed by atoms with Crippen LogP contribution in [0, 0.1) is 27.7 Å². The van der Waals surface area contributed by atoms with Crippen molar-refractivity contribution < 1.29 is 9.84 Å². The van der Waals surface area contributed by atoms with Crippen LogP contribution >= 0.6 is 0 Å². The molecule has 0 saturated carbocycles. The van der Waals surface area contributed by atoms with E-state index >= 15 is 0 Å². The van der Waals surface area contributed by atoms with E-state index in [4.69, 9.17) is 4.74 Å². The molecular weight excluding hydrogens is 446 g/mol. The van der Waals surface area contributed by atoms with Crippen LogP contribution in [0.25, 0.3) is 16.7 Å². The lowest BCUT2D eigenvalue weighted by atomic mass is 9.71. The number of aliphatic hydroxyl groups is 1. The molecule has 2 unspecified atom stereocenters. The summed E-state index contributed by atoms with van der Waals surface area (Å²) in [5, 5.41) is 21.4. The number of aryl methyl sites for hydroxylation is 3. The normalized spacial score (nSPS) is 19.2. The zero-order valence-corrected chi connectivity index (χ0v) is 21.0. The van der Waals surface area contributed by atoms with E-state index < -0.39 is 5.60 Å². The van der Waals surface area contributed by atoms with Crippen molar-refractivity contribution in [1.29, 1.82) is 0 Å². The Morgan fingerprint density at radius 2 is 1.67 bits per heavy atom. The van der Waals surface area contributed by atoms with Crippen molar-refractivity contribution in [3.63, 3.8) is 0 Å². The van der Waals surface area contributed by atoms with Crippen molar-refractivity contribution in [3.8, 4) is 11.4 Å². The third kappa shape index (κ3) is 3.34. The molecule has 2 atom stereocenters. The van der Waals surface area contributed by atoms with E-state index in [9.17, 15) is 5.11 Å². The molecule has 36 heavy (non-hydrogen) atoms. The highest BCUT2D eigenvalue weighted by molar-refractivity contribution is 5.77. The summed E-state index contributed by atoms with van der Waals surface area (Å²) in [6.07, 6.45) is 0. The SMILES string of the molecule is Cc1ccc(C2COc3c(ccc(-n4nnc5ccccc54)c3C)C2(O)c2ccc(C)c(C)c2)cc1. The van der Waals surface area contributed by atoms with Gasteiger partial charge in [0.1, 0.15) is 16.9 Å². The van der Waals surface area contributed by atoms with Crippen molar-refractivity contribution in [1.82, 2.24) is 15.0 Å². The first-order chi connectivity index (χ1) is 17.4. The molecule has 0 spiro atoms. The van der Waals surface area contributed by atoms with Gasteiger partial charge in [-0.25, -0.2) is 4.68 Å². The van der Waals surface area contributed by atoms with Gasteiger partial charge in [-0.15, -0.1) is 5.10 Å². The molecule has 2 heterocycles. The van der Waals surface area contributed by atoms with Crippen LogP contribution < -0.4 is 4.74 Å². The molecule has 5 aromatic rings. The van der Waals surface area contributed by atoms with Gasteiger partial charge in [0, 0.05) is 11.1 Å². The molecule has 1 aliphatic rings. The first kappa shape index (κ1) is 22.5. The Bertz CT molecular complexity index is 1600. The summed E-state index contributed by atoms with van der Waals surface area (Å²) in [5.74, 6) is 0.446. The number of nitrogens with zero attached hydrogens (tertiary/aromatic N) is 3. The Balaban J connectivity index is 1.57. The molecule has 4 aromatic carbocycles. The monoisotopic (exact) mass is 475 g/mol. The topological polar surface area (TPSA) is 60.2 Å². The summed E-state index contributed by atoms with van der Waals surface area (Å²) in [4.78, 5) is 0. The van der Waals surface area contributed by atoms with E-state index in [0.29, 0.717) is 12.4 Å². The van der Waals surface area contributed by atoms with Gasteiger partial charge in [0.25, 0.3) is 0 Å². The van der Waals surface area contributed by atoms with Crippen molar-refractivity contribution in [3.05, 3.63) is 118 Å². The summed E-state index contributed by atoms with van der Waals surface area (Å²) < 4.78 is 8.29. The highest BCUT2D eigenvalue weighted by Crippen LogP contribution is 2.51. The third-order valence-electron chi connectivity index (χ3n) is 7.69. The molecular formula is C31H29N3O2. The number of benzene rings is 4. The Morgan fingerprint density at radius 3 is 2.44 bits per heavy atom. The summed E-state index contributed by atoms with van der Waals surface area (Å²) in [6, 6.07) is 26.5. The second-order valence-electron chi connectivity index (χ2n) is 9.92. The Morgan fingerprint density at radius 1 is 0.889 bits per heavy atom. The molecule has 0 amide bonds. The number of aromatic nitrogens is 3. The number of hydrogen-bond donors (Lipinski definition) is 1. The Labute approximate surface area is 211 Å². The summed E-state index contributed by atoms with van der Waals surface area (Å²) in [5.41, 5.74) is 8.56. The van der Waals surface area contributed by atoms with E-state index in [2.05, 4.69) is 67.5 Å². The number of ether oxygens (including phenoxy) is 1. The minimum Gasteiger partial charge on any atom is -0.492 e. The van der Waals surface area contributed by atoms with Crippen LogP contribution in [-0.2, 0) is 5.60 Å². The lowest BCUT2D eigenvalue weighted by Crippen LogP contribution is -2.42. The molecule has 1 N–H and O–H groups in total. The Kier molecular flexibility index (Phi) is 5.20. The summed E-state index contributed by atoms with van der Waals surface area (Å²) >= 11 is 0. The summed E-state index contributed by atoms with van der Waals surface area (Å²) in [7, 11) is 0. The molecule has 1 aliphatic heterocycles. The lowest BCUT2D eigenvalue weighted by Gasteiger charge is -2.43. The van der Waals surface area contributed by atoms with E-state index in [0.717, 1.165) is 44.5 Å². The number of fused-ring (bicyclic) bond motifs is 2. The second-order valence-corrected chi connectivity index (χ2v) is 9.92. The van der Waals surface area contributed by atoms with Gasteiger partial charge in [-0.2, -0.15) is 0 Å². The maximum atomic E-state index is 12.7. The number of hydrogen-bond acceptors (Lipinski definition) is 4. The van der Waals surface area contributed by atoms with E-state index in [-0.39, 0.29) is 5.92 Å². The predicted molar refractivity (Wildman–Crippen MR) is 142 cm³/mol. The van der Waals surface area contributed by atoms with E-state index in [1.807, 2.05) is 54.1 Å². The highest BCUT2D eigenvalue weighted by atomic mass is 16.5. The lowest BCUT2D eigenvalue weighted by molar-refractivity contribution is 0.0103. The van der Waals surface area contributed by atoms with Gasteiger partial charge in [-0.3, -0.25) is 0 Å². The van der Waals surface area contributed by atoms with Gasteiger partial charge in [-0.1, -0.05) is 65.4 Å². The van der Waals surface area contributed by atoms with E-state index in [1.165, 1.54) is 11.1 Å². The minimum absolute atomic E-state index is 0.259. The smallest absolute Gasteiger partial charge is 0.130 e. The average Bonchev–Trinajstić information content (AvgIpc) is 3.31. The zero-order valence-electron chi connectivity index (χ0n) is 21.0. The van der Waals surface area contributed by atoms with Crippen LogP contribution in [0.3, 0.4) is 0 Å². The van der Waals surface area contributed by atoms with E-state index in [1.54, 1.807) is 0 Å². The molecule has 6 rings (SSSR count). The van der Waals surface area contributed by atoms with Crippen LogP contribution in [0.4, 0.5) is 0 Å². The number of rotatable bonds is 3. The third-order valence-corrected chi connectivity index (χ3v) is 7.69. The highest BCUT2D eigenvalue weighted by Gasteiger charge is 2.47. The predicted octanol–water partition coefficient (Wildman–Crippen LogP) is 6.07. The molecule has 180 valence electrons. The fraction of sp³-hybridized carbons (Fsp3) is 0.226. The van der Waals surface area contributed by atoms with Crippen molar-refractivity contribution in [2.75, 3.05) is 6.61 Å². The van der Waals surface area contributed by atoms with Crippen LogP contribution in [0.2, 0.25) is 0 Å². The van der Waals surface area contributed by atoms with Gasteiger partial charge in [0.05, 0.1) is 23.7 Å². The fourth-order valence-corrected chi connectivity index (χ4v) is 5.39. The Hall–Kier alpha value is -3.96. The maximum absolute atomic E-state index is 12.7. The van der Waals surface area contributed by atoms with Gasteiger partial charge >= 0.3 is 0 Å². The first-order valence-corrected chi connectivity index (χ1v) is 12.3. The molecule has 1 aromatic heterocycles. The van der Waals surface area contributed by atoms with Crippen molar-refractivity contribution >= 4 is 11.0 Å². The fourth-order valence-electron chi connectivity index (χ4n) is 5.39. The quantitative estimate of drug-likeness (QED) is 0.344. The second kappa shape index (κ2) is 8.32. The van der Waals surface area contributed by atoms with Crippen molar-refractivity contribution in [2.24, 2.45) is 0 Å². The van der Waals surface area contributed by atoms with Crippen molar-refractivity contribution in [2.45, 2.75) is 39.2 Å². The van der Waals surface area contributed by atoms with Gasteiger partial charge in [-0.05, 0) is 74.2 Å². The molecule has 0 saturated heterocycles. The minimum atomic E-state index is -1.25. The average molecular weight is 476 g/mol. The maximum Gasteiger partial charge on any atom is 0.130 e. The number of para-hydroxylation sites is 1. The molecule has 0 fully saturated rings. The van der Waals surface area contributed by atoms with Crippen LogP contribution in [0.5, 0.6) is 5.75 Å². The largest absolute Gasteiger partial charge is 0.492 e. The standard InChI is InChI=1S/C31H29N3O2/c1-19-9-12-23(13-10-19)26-18-36-30-22(4)28(34-29-8-6-5-7-27(29)32-33-34)16-15-25(30)31(26,35)24-14-11-20(2)21(3)17-24/h5-17,26,35H,18H2,1-4H3. The molecule has 0 aliphatic carbocycles. The first-order valence-electron chi connectivity index (χ1n) is 12.3. The molecule has 0 bridgehead atoms.